The van der Waals surface area contributed by atoms with Crippen molar-refractivity contribution < 1.29 is 28.6 Å². The lowest BCUT2D eigenvalue weighted by Crippen LogP contribution is -2.48. The van der Waals surface area contributed by atoms with Crippen molar-refractivity contribution in [3.63, 3.8) is 0 Å². The number of ether oxygens (including phenoxy) is 3. The fourth-order valence-electron chi connectivity index (χ4n) is 3.33. The van der Waals surface area contributed by atoms with Gasteiger partial charge < -0.3 is 19.5 Å². The van der Waals surface area contributed by atoms with Crippen molar-refractivity contribution in [2.75, 3.05) is 13.4 Å². The molecule has 9 heteroatoms. The second kappa shape index (κ2) is 9.65. The maximum Gasteiger partial charge on any atom is 0.331 e. The molecule has 0 aromatic heterocycles. The molecule has 0 saturated heterocycles. The molecule has 0 bridgehead atoms. The first-order chi connectivity index (χ1) is 13.9. The zero-order chi connectivity index (χ0) is 20.8. The van der Waals surface area contributed by atoms with Gasteiger partial charge in [0, 0.05) is 12.1 Å². The van der Waals surface area contributed by atoms with Crippen molar-refractivity contribution in [2.24, 2.45) is 5.92 Å². The molecule has 1 aromatic carbocycles. The lowest BCUT2D eigenvalue weighted by molar-refractivity contribution is -0.143. The standard InChI is InChI=1S/C20H23ClN2O6/c1-12-4-2-3-5-15(12)22-20(26)23-17(24)10-27-18(25)7-6-13-8-14(21)19-16(9-13)28-11-29-19/h6-9,12,15H,2-5,10-11H2,1H3,(H2,22,23,24,26)/b7-6+/t12-,15+/m0/s1. The zero-order valence-corrected chi connectivity index (χ0v) is 16.8. The third-order valence-corrected chi connectivity index (χ3v) is 5.17. The third kappa shape index (κ3) is 5.87. The minimum absolute atomic E-state index is 0.0514. The van der Waals surface area contributed by atoms with Gasteiger partial charge in [0.2, 0.25) is 6.79 Å². The summed E-state index contributed by atoms with van der Waals surface area (Å²) in [6, 6.07) is 2.76. The fourth-order valence-corrected chi connectivity index (χ4v) is 3.60. The van der Waals surface area contributed by atoms with E-state index in [9.17, 15) is 14.4 Å². The molecule has 156 valence electrons. The molecule has 3 amide bonds. The summed E-state index contributed by atoms with van der Waals surface area (Å²) in [5, 5.41) is 5.34. The maximum absolute atomic E-state index is 11.9. The predicted octanol–water partition coefficient (Wildman–Crippen LogP) is 3.03. The monoisotopic (exact) mass is 422 g/mol. The van der Waals surface area contributed by atoms with Crippen LogP contribution in [0.4, 0.5) is 4.79 Å². The molecule has 1 aromatic rings. The van der Waals surface area contributed by atoms with Crippen LogP contribution < -0.4 is 20.1 Å². The SMILES string of the molecule is C[C@H]1CCCC[C@H]1NC(=O)NC(=O)COC(=O)/C=C/c1cc(Cl)c2c(c1)OCO2. The molecule has 0 spiro atoms. The van der Waals surface area contributed by atoms with E-state index >= 15 is 0 Å². The molecule has 29 heavy (non-hydrogen) atoms. The Morgan fingerprint density at radius 2 is 2.03 bits per heavy atom. The fraction of sp³-hybridized carbons (Fsp3) is 0.450. The minimum atomic E-state index is -0.727. The molecule has 1 heterocycles. The van der Waals surface area contributed by atoms with Crippen LogP contribution in [-0.4, -0.2) is 37.3 Å². The highest BCUT2D eigenvalue weighted by atomic mass is 35.5. The highest BCUT2D eigenvalue weighted by Crippen LogP contribution is 2.40. The van der Waals surface area contributed by atoms with Crippen LogP contribution in [-0.2, 0) is 14.3 Å². The van der Waals surface area contributed by atoms with Gasteiger partial charge in [0.15, 0.2) is 18.1 Å². The number of imide groups is 1. The number of halogens is 1. The number of rotatable bonds is 5. The average molecular weight is 423 g/mol. The van der Waals surface area contributed by atoms with Gasteiger partial charge in [-0.2, -0.15) is 0 Å². The van der Waals surface area contributed by atoms with E-state index in [1.165, 1.54) is 6.08 Å². The second-order valence-electron chi connectivity index (χ2n) is 7.07. The molecule has 1 aliphatic heterocycles. The lowest BCUT2D eigenvalue weighted by Gasteiger charge is -2.29. The summed E-state index contributed by atoms with van der Waals surface area (Å²) in [7, 11) is 0. The Balaban J connectivity index is 1.42. The molecule has 0 radical (unpaired) electrons. The van der Waals surface area contributed by atoms with Crippen molar-refractivity contribution in [3.05, 3.63) is 28.8 Å². The van der Waals surface area contributed by atoms with Crippen molar-refractivity contribution in [1.82, 2.24) is 10.6 Å². The number of benzene rings is 1. The normalized spacial score (nSPS) is 20.3. The lowest BCUT2D eigenvalue weighted by atomic mass is 9.86. The van der Waals surface area contributed by atoms with E-state index in [0.717, 1.165) is 31.8 Å². The van der Waals surface area contributed by atoms with Gasteiger partial charge in [-0.3, -0.25) is 10.1 Å². The summed E-state index contributed by atoms with van der Waals surface area (Å²) in [5.74, 6) is -0.0986. The van der Waals surface area contributed by atoms with Gasteiger partial charge in [0.05, 0.1) is 5.02 Å². The number of esters is 1. The van der Waals surface area contributed by atoms with Crippen LogP contribution >= 0.6 is 11.6 Å². The first kappa shape index (κ1) is 21.0. The largest absolute Gasteiger partial charge is 0.454 e. The topological polar surface area (TPSA) is 103 Å². The van der Waals surface area contributed by atoms with E-state index in [1.807, 2.05) is 0 Å². The number of fused-ring (bicyclic) bond motifs is 1. The van der Waals surface area contributed by atoms with Gasteiger partial charge in [-0.1, -0.05) is 31.4 Å². The summed E-state index contributed by atoms with van der Waals surface area (Å²) in [6.07, 6.45) is 6.80. The third-order valence-electron chi connectivity index (χ3n) is 4.89. The van der Waals surface area contributed by atoms with Gasteiger partial charge in [0.25, 0.3) is 5.91 Å². The van der Waals surface area contributed by atoms with Gasteiger partial charge in [-0.15, -0.1) is 0 Å². The number of carbonyl (C=O) groups is 3. The Hall–Kier alpha value is -2.74. The number of urea groups is 1. The molecule has 0 unspecified atom stereocenters. The highest BCUT2D eigenvalue weighted by Gasteiger charge is 2.23. The van der Waals surface area contributed by atoms with E-state index in [4.69, 9.17) is 25.8 Å². The summed E-state index contributed by atoms with van der Waals surface area (Å²) in [4.78, 5) is 35.5. The Morgan fingerprint density at radius 1 is 1.24 bits per heavy atom. The molecule has 2 atom stereocenters. The van der Waals surface area contributed by atoms with Crippen LogP contribution in [0, 0.1) is 5.92 Å². The highest BCUT2D eigenvalue weighted by molar-refractivity contribution is 6.32. The predicted molar refractivity (Wildman–Crippen MR) is 106 cm³/mol. The minimum Gasteiger partial charge on any atom is -0.454 e. The van der Waals surface area contributed by atoms with Crippen molar-refractivity contribution in [3.8, 4) is 11.5 Å². The van der Waals surface area contributed by atoms with Crippen molar-refractivity contribution in [1.29, 1.82) is 0 Å². The second-order valence-corrected chi connectivity index (χ2v) is 7.47. The van der Waals surface area contributed by atoms with Crippen LogP contribution in [0.3, 0.4) is 0 Å². The van der Waals surface area contributed by atoms with E-state index in [2.05, 4.69) is 17.6 Å². The quantitative estimate of drug-likeness (QED) is 0.558. The number of hydrogen-bond acceptors (Lipinski definition) is 6. The molecule has 1 aliphatic carbocycles. The molecular weight excluding hydrogens is 400 g/mol. The molecule has 3 rings (SSSR count). The maximum atomic E-state index is 11.9. The van der Waals surface area contributed by atoms with Crippen LogP contribution in [0.5, 0.6) is 11.5 Å². The number of nitrogens with one attached hydrogen (secondary N) is 2. The summed E-state index contributed by atoms with van der Waals surface area (Å²) in [6.45, 7) is 1.61. The van der Waals surface area contributed by atoms with Gasteiger partial charge >= 0.3 is 12.0 Å². The van der Waals surface area contributed by atoms with Gasteiger partial charge in [0.1, 0.15) is 0 Å². The molecule has 1 saturated carbocycles. The Kier molecular flexibility index (Phi) is 6.98. The van der Waals surface area contributed by atoms with Crippen LogP contribution in [0.15, 0.2) is 18.2 Å². The number of amides is 3. The summed E-state index contributed by atoms with van der Waals surface area (Å²) < 4.78 is 15.3. The Morgan fingerprint density at radius 3 is 2.83 bits per heavy atom. The van der Waals surface area contributed by atoms with Gasteiger partial charge in [-0.25, -0.2) is 9.59 Å². The first-order valence-electron chi connectivity index (χ1n) is 9.46. The number of hydrogen-bond donors (Lipinski definition) is 2. The molecule has 8 nitrogen and oxygen atoms in total. The molecule has 2 aliphatic rings. The molecular formula is C20H23ClN2O6. The van der Waals surface area contributed by atoms with E-state index in [-0.39, 0.29) is 12.8 Å². The van der Waals surface area contributed by atoms with E-state index < -0.39 is 24.5 Å². The van der Waals surface area contributed by atoms with E-state index in [0.29, 0.717) is 28.0 Å². The smallest absolute Gasteiger partial charge is 0.331 e. The molecule has 2 N–H and O–H groups in total. The number of carbonyl (C=O) groups excluding carboxylic acids is 3. The van der Waals surface area contributed by atoms with Crippen LogP contribution in [0.25, 0.3) is 6.08 Å². The molecule has 1 fully saturated rings. The summed E-state index contributed by atoms with van der Waals surface area (Å²) >= 11 is 6.07. The Bertz CT molecular complexity index is 825. The van der Waals surface area contributed by atoms with Crippen LogP contribution in [0.1, 0.15) is 38.2 Å². The average Bonchev–Trinajstić information content (AvgIpc) is 3.16. The van der Waals surface area contributed by atoms with Gasteiger partial charge in [-0.05, 0) is 42.5 Å². The first-order valence-corrected chi connectivity index (χ1v) is 9.84. The Labute approximate surface area is 173 Å². The summed E-state index contributed by atoms with van der Waals surface area (Å²) in [5.41, 5.74) is 0.613. The zero-order valence-electron chi connectivity index (χ0n) is 16.0. The van der Waals surface area contributed by atoms with Crippen LogP contribution in [0.2, 0.25) is 5.02 Å². The van der Waals surface area contributed by atoms with E-state index in [1.54, 1.807) is 12.1 Å². The van der Waals surface area contributed by atoms with Crippen molar-refractivity contribution >= 4 is 35.6 Å². The van der Waals surface area contributed by atoms with Crippen molar-refractivity contribution in [2.45, 2.75) is 38.6 Å².